The average Bonchev–Trinajstić information content (AvgIpc) is 2.92. The van der Waals surface area contributed by atoms with Gasteiger partial charge in [0.15, 0.2) is 0 Å². The van der Waals surface area contributed by atoms with Crippen molar-refractivity contribution < 1.29 is 13.2 Å². The molecule has 0 saturated carbocycles. The maximum absolute atomic E-state index is 14.4. The number of halogens is 5. The third-order valence-electron chi connectivity index (χ3n) is 3.99. The van der Waals surface area contributed by atoms with Crippen molar-refractivity contribution in [3.05, 3.63) is 39.5 Å². The van der Waals surface area contributed by atoms with E-state index in [1.807, 2.05) is 13.8 Å². The van der Waals surface area contributed by atoms with Crippen LogP contribution in [0.2, 0.25) is 5.15 Å². The zero-order chi connectivity index (χ0) is 19.0. The van der Waals surface area contributed by atoms with Crippen LogP contribution in [-0.4, -0.2) is 26.1 Å². The van der Waals surface area contributed by atoms with Gasteiger partial charge in [0.1, 0.15) is 28.4 Å². The number of aromatic nitrogens is 4. The Balaban J connectivity index is 2.28. The Labute approximate surface area is 160 Å². The first-order valence-electron chi connectivity index (χ1n) is 7.82. The van der Waals surface area contributed by atoms with Crippen LogP contribution in [-0.2, 0) is 0 Å². The smallest absolute Gasteiger partial charge is 0.256 e. The van der Waals surface area contributed by atoms with E-state index in [-0.39, 0.29) is 33.0 Å². The van der Waals surface area contributed by atoms with Gasteiger partial charge in [-0.15, -0.1) is 5.10 Å². The molecule has 0 radical (unpaired) electrons. The van der Waals surface area contributed by atoms with Gasteiger partial charge in [0.2, 0.25) is 4.73 Å². The van der Waals surface area contributed by atoms with Crippen LogP contribution < -0.4 is 5.32 Å². The summed E-state index contributed by atoms with van der Waals surface area (Å²) in [6.45, 7) is 4.54. The van der Waals surface area contributed by atoms with Crippen molar-refractivity contribution in [3.63, 3.8) is 0 Å². The lowest BCUT2D eigenvalue weighted by atomic mass is 10.1. The standard InChI is InChI=1S/C16H14BrClF3N5/c1-3-7(2)6-22-14-12(11-9(20)4-8(19)5-10(11)21)13(18)23-16-24-15(17)25-26(14)16/h4-5,7,22H,3,6H2,1-2H3. The summed E-state index contributed by atoms with van der Waals surface area (Å²) >= 11 is 9.36. The van der Waals surface area contributed by atoms with Crippen molar-refractivity contribution in [2.45, 2.75) is 20.3 Å². The average molecular weight is 449 g/mol. The van der Waals surface area contributed by atoms with Crippen molar-refractivity contribution in [2.75, 3.05) is 11.9 Å². The Morgan fingerprint density at radius 1 is 1.19 bits per heavy atom. The Kier molecular flexibility index (Phi) is 5.38. The fourth-order valence-corrected chi connectivity index (χ4v) is 3.01. The molecule has 0 saturated heterocycles. The zero-order valence-corrected chi connectivity index (χ0v) is 16.2. The van der Waals surface area contributed by atoms with E-state index in [2.05, 4.69) is 36.3 Å². The fourth-order valence-electron chi connectivity index (χ4n) is 2.43. The van der Waals surface area contributed by atoms with Crippen LogP contribution in [0.25, 0.3) is 16.9 Å². The molecular formula is C16H14BrClF3N5. The molecule has 0 aliphatic carbocycles. The molecule has 1 N–H and O–H groups in total. The van der Waals surface area contributed by atoms with Crippen molar-refractivity contribution in [1.29, 1.82) is 0 Å². The third-order valence-corrected chi connectivity index (χ3v) is 4.60. The summed E-state index contributed by atoms with van der Waals surface area (Å²) in [5.74, 6) is -2.54. The first kappa shape index (κ1) is 18.9. The molecule has 2 aromatic heterocycles. The summed E-state index contributed by atoms with van der Waals surface area (Å²) in [5.41, 5.74) is -0.529. The van der Waals surface area contributed by atoms with Gasteiger partial charge in [0.05, 0.1) is 11.1 Å². The predicted octanol–water partition coefficient (Wildman–Crippen LogP) is 5.08. The molecule has 5 nitrogen and oxygen atoms in total. The van der Waals surface area contributed by atoms with E-state index in [1.54, 1.807) is 0 Å². The van der Waals surface area contributed by atoms with Gasteiger partial charge in [-0.25, -0.2) is 13.2 Å². The molecular weight excluding hydrogens is 435 g/mol. The van der Waals surface area contributed by atoms with Crippen LogP contribution >= 0.6 is 27.5 Å². The highest BCUT2D eigenvalue weighted by Crippen LogP contribution is 2.38. The molecule has 2 heterocycles. The number of anilines is 1. The summed E-state index contributed by atoms with van der Waals surface area (Å²) in [7, 11) is 0. The normalized spacial score (nSPS) is 12.6. The quantitative estimate of drug-likeness (QED) is 0.553. The molecule has 1 atom stereocenters. The van der Waals surface area contributed by atoms with Crippen LogP contribution in [0.5, 0.6) is 0 Å². The Bertz CT molecular complexity index is 955. The van der Waals surface area contributed by atoms with Crippen LogP contribution in [0.15, 0.2) is 16.9 Å². The van der Waals surface area contributed by atoms with E-state index in [1.165, 1.54) is 4.52 Å². The number of rotatable bonds is 5. The lowest BCUT2D eigenvalue weighted by molar-refractivity contribution is 0.547. The first-order chi connectivity index (χ1) is 12.3. The fraction of sp³-hybridized carbons (Fsp3) is 0.312. The molecule has 26 heavy (non-hydrogen) atoms. The van der Waals surface area contributed by atoms with Gasteiger partial charge in [-0.05, 0) is 21.8 Å². The minimum Gasteiger partial charge on any atom is -0.369 e. The van der Waals surface area contributed by atoms with Crippen molar-refractivity contribution in [3.8, 4) is 11.1 Å². The molecule has 0 aliphatic rings. The minimum absolute atomic E-state index is 0.0464. The van der Waals surface area contributed by atoms with E-state index in [0.29, 0.717) is 18.7 Å². The molecule has 3 aromatic rings. The van der Waals surface area contributed by atoms with Crippen LogP contribution in [0, 0.1) is 23.4 Å². The molecule has 1 aromatic carbocycles. The molecule has 1 unspecified atom stereocenters. The highest BCUT2D eigenvalue weighted by molar-refractivity contribution is 9.10. The topological polar surface area (TPSA) is 55.1 Å². The van der Waals surface area contributed by atoms with E-state index >= 15 is 0 Å². The number of benzene rings is 1. The van der Waals surface area contributed by atoms with Crippen LogP contribution in [0.1, 0.15) is 20.3 Å². The maximum Gasteiger partial charge on any atom is 0.256 e. The largest absolute Gasteiger partial charge is 0.369 e. The number of fused-ring (bicyclic) bond motifs is 1. The molecule has 138 valence electrons. The Hall–Kier alpha value is -1.87. The van der Waals surface area contributed by atoms with Crippen molar-refractivity contribution in [1.82, 2.24) is 19.6 Å². The molecule has 0 aliphatic heterocycles. The van der Waals surface area contributed by atoms with Crippen molar-refractivity contribution in [2.24, 2.45) is 5.92 Å². The third kappa shape index (κ3) is 3.50. The first-order valence-corrected chi connectivity index (χ1v) is 8.99. The second kappa shape index (κ2) is 7.40. The summed E-state index contributed by atoms with van der Waals surface area (Å²) in [6, 6.07) is 1.18. The van der Waals surface area contributed by atoms with Gasteiger partial charge in [0.25, 0.3) is 5.78 Å². The maximum atomic E-state index is 14.4. The lowest BCUT2D eigenvalue weighted by Crippen LogP contribution is -2.15. The highest BCUT2D eigenvalue weighted by atomic mass is 79.9. The molecule has 0 spiro atoms. The van der Waals surface area contributed by atoms with E-state index in [4.69, 9.17) is 11.6 Å². The lowest BCUT2D eigenvalue weighted by Gasteiger charge is -2.17. The second-order valence-electron chi connectivity index (χ2n) is 5.86. The van der Waals surface area contributed by atoms with E-state index < -0.39 is 23.0 Å². The predicted molar refractivity (Wildman–Crippen MR) is 96.7 cm³/mol. The Morgan fingerprint density at radius 3 is 2.46 bits per heavy atom. The summed E-state index contributed by atoms with van der Waals surface area (Å²) in [5, 5.41) is 7.08. The molecule has 0 bridgehead atoms. The van der Waals surface area contributed by atoms with Crippen molar-refractivity contribution >= 4 is 39.1 Å². The summed E-state index contributed by atoms with van der Waals surface area (Å²) in [6.07, 6.45) is 0.893. The number of hydrogen-bond donors (Lipinski definition) is 1. The van der Waals surface area contributed by atoms with Crippen LogP contribution in [0.3, 0.4) is 0 Å². The second-order valence-corrected chi connectivity index (χ2v) is 6.92. The van der Waals surface area contributed by atoms with Gasteiger partial charge in [-0.1, -0.05) is 31.9 Å². The number of hydrogen-bond acceptors (Lipinski definition) is 4. The zero-order valence-electron chi connectivity index (χ0n) is 13.8. The van der Waals surface area contributed by atoms with Gasteiger partial charge in [0, 0.05) is 18.7 Å². The SMILES string of the molecule is CCC(C)CNc1c(-c2c(F)cc(F)cc2F)c(Cl)nc2nc(Br)nn12. The number of nitrogens with one attached hydrogen (secondary N) is 1. The van der Waals surface area contributed by atoms with E-state index in [0.717, 1.165) is 6.42 Å². The van der Waals surface area contributed by atoms with Gasteiger partial charge >= 0.3 is 0 Å². The Morgan fingerprint density at radius 2 is 1.85 bits per heavy atom. The van der Waals surface area contributed by atoms with Gasteiger partial charge in [-0.3, -0.25) is 0 Å². The molecule has 3 rings (SSSR count). The summed E-state index contributed by atoms with van der Waals surface area (Å²) < 4.78 is 43.6. The highest BCUT2D eigenvalue weighted by Gasteiger charge is 2.24. The van der Waals surface area contributed by atoms with Gasteiger partial charge < -0.3 is 5.32 Å². The molecule has 10 heteroatoms. The minimum atomic E-state index is -1.09. The monoisotopic (exact) mass is 447 g/mol. The van der Waals surface area contributed by atoms with Gasteiger partial charge in [-0.2, -0.15) is 14.5 Å². The van der Waals surface area contributed by atoms with E-state index in [9.17, 15) is 13.2 Å². The molecule has 0 fully saturated rings. The van der Waals surface area contributed by atoms with Crippen LogP contribution in [0.4, 0.5) is 19.0 Å². The molecule has 0 amide bonds. The summed E-state index contributed by atoms with van der Waals surface area (Å²) in [4.78, 5) is 8.10. The number of nitrogens with zero attached hydrogens (tertiary/aromatic N) is 4.